The average molecular weight is 201 g/mol. The van der Waals surface area contributed by atoms with E-state index in [0.717, 1.165) is 19.3 Å². The van der Waals surface area contributed by atoms with Crippen molar-refractivity contribution < 1.29 is 4.79 Å². The average Bonchev–Trinajstić information content (AvgIpc) is 2.13. The summed E-state index contributed by atoms with van der Waals surface area (Å²) in [5.41, 5.74) is 10.3. The van der Waals surface area contributed by atoms with Gasteiger partial charge in [-0.2, -0.15) is 0 Å². The van der Waals surface area contributed by atoms with Crippen LogP contribution < -0.4 is 11.5 Å². The molecule has 0 unspecified atom stereocenters. The topological polar surface area (TPSA) is 81.5 Å². The van der Waals surface area contributed by atoms with Crippen LogP contribution in [-0.2, 0) is 4.79 Å². The summed E-state index contributed by atoms with van der Waals surface area (Å²) in [7, 11) is 0. The van der Waals surface area contributed by atoms with E-state index in [1.54, 1.807) is 6.92 Å². The molecule has 14 heavy (non-hydrogen) atoms. The molecule has 0 saturated carbocycles. The maximum atomic E-state index is 10.5. The summed E-state index contributed by atoms with van der Waals surface area (Å²) >= 11 is 0. The minimum Gasteiger partial charge on any atom is -0.370 e. The zero-order valence-electron chi connectivity index (χ0n) is 9.55. The Morgan fingerprint density at radius 1 is 1.14 bits per heavy atom. The van der Waals surface area contributed by atoms with E-state index >= 15 is 0 Å². The predicted octanol–water partition coefficient (Wildman–Crippen LogP) is 1.44. The first-order valence-electron chi connectivity index (χ1n) is 5.17. The van der Waals surface area contributed by atoms with E-state index in [1.807, 2.05) is 13.8 Å². The van der Waals surface area contributed by atoms with E-state index < -0.39 is 0 Å². The van der Waals surface area contributed by atoms with Gasteiger partial charge in [-0.3, -0.25) is 4.99 Å². The van der Waals surface area contributed by atoms with Crippen molar-refractivity contribution in [3.63, 3.8) is 0 Å². The highest BCUT2D eigenvalue weighted by molar-refractivity contribution is 5.75. The van der Waals surface area contributed by atoms with Gasteiger partial charge in [0.2, 0.25) is 0 Å². The van der Waals surface area contributed by atoms with Crippen LogP contribution >= 0.6 is 0 Å². The van der Waals surface area contributed by atoms with E-state index in [2.05, 4.69) is 4.99 Å². The molecule has 0 radical (unpaired) electrons. The zero-order chi connectivity index (χ0) is 11.4. The van der Waals surface area contributed by atoms with Crippen molar-refractivity contribution in [3.8, 4) is 0 Å². The van der Waals surface area contributed by atoms with Gasteiger partial charge in [0, 0.05) is 13.0 Å². The number of unbranched alkanes of at least 4 members (excludes halogenated alkanes) is 2. The Bertz CT molecular complexity index is 163. The van der Waals surface area contributed by atoms with Crippen LogP contribution in [0.25, 0.3) is 0 Å². The Labute approximate surface area is 86.8 Å². The molecule has 0 bridgehead atoms. The number of hydrogen-bond donors (Lipinski definition) is 2. The van der Waals surface area contributed by atoms with Crippen LogP contribution in [0.3, 0.4) is 0 Å². The van der Waals surface area contributed by atoms with Crippen molar-refractivity contribution in [2.24, 2.45) is 16.5 Å². The number of nitrogens with zero attached hydrogens (tertiary/aromatic N) is 1. The molecule has 84 valence electrons. The van der Waals surface area contributed by atoms with E-state index in [1.165, 1.54) is 0 Å². The number of carbonyl (C=O) groups is 1. The lowest BCUT2D eigenvalue weighted by Gasteiger charge is -1.96. The molecule has 0 aliphatic rings. The number of nitrogens with two attached hydrogens (primary N) is 2. The molecule has 0 aromatic carbocycles. The Balaban J connectivity index is 0. The SMILES string of the molecule is CC.CC(=O)CCCCCN=C(N)N. The van der Waals surface area contributed by atoms with Crippen molar-refractivity contribution in [2.75, 3.05) is 6.54 Å². The second-order valence-electron chi connectivity index (χ2n) is 2.82. The zero-order valence-corrected chi connectivity index (χ0v) is 9.55. The normalized spacial score (nSPS) is 8.50. The number of hydrogen-bond acceptors (Lipinski definition) is 2. The van der Waals surface area contributed by atoms with Crippen molar-refractivity contribution in [3.05, 3.63) is 0 Å². The fourth-order valence-corrected chi connectivity index (χ4v) is 0.871. The third-order valence-electron chi connectivity index (χ3n) is 1.48. The molecule has 0 heterocycles. The van der Waals surface area contributed by atoms with Crippen molar-refractivity contribution in [1.82, 2.24) is 0 Å². The number of guanidine groups is 1. The maximum Gasteiger partial charge on any atom is 0.185 e. The molecule has 0 atom stereocenters. The van der Waals surface area contributed by atoms with Crippen LogP contribution in [0.15, 0.2) is 4.99 Å². The molecule has 0 fully saturated rings. The highest BCUT2D eigenvalue weighted by Crippen LogP contribution is 1.99. The lowest BCUT2D eigenvalue weighted by atomic mass is 10.1. The number of ketones is 1. The number of Topliss-reactive ketones (excluding diaryl/α,β-unsaturated/α-hetero) is 1. The van der Waals surface area contributed by atoms with Gasteiger partial charge >= 0.3 is 0 Å². The van der Waals surface area contributed by atoms with Crippen molar-refractivity contribution in [2.45, 2.75) is 46.5 Å². The molecule has 0 aliphatic heterocycles. The quantitative estimate of drug-likeness (QED) is 0.387. The molecule has 0 saturated heterocycles. The van der Waals surface area contributed by atoms with Crippen molar-refractivity contribution >= 4 is 11.7 Å². The van der Waals surface area contributed by atoms with E-state index in [9.17, 15) is 4.79 Å². The fourth-order valence-electron chi connectivity index (χ4n) is 0.871. The summed E-state index contributed by atoms with van der Waals surface area (Å²) in [5.74, 6) is 0.387. The number of rotatable bonds is 6. The first-order valence-corrected chi connectivity index (χ1v) is 5.17. The van der Waals surface area contributed by atoms with Crippen LogP contribution in [0.2, 0.25) is 0 Å². The second kappa shape index (κ2) is 11.9. The summed E-state index contributed by atoms with van der Waals surface area (Å²) in [6, 6.07) is 0. The van der Waals surface area contributed by atoms with E-state index in [4.69, 9.17) is 11.5 Å². The monoisotopic (exact) mass is 201 g/mol. The maximum absolute atomic E-state index is 10.5. The molecule has 0 spiro atoms. The van der Waals surface area contributed by atoms with Crippen LogP contribution in [0.1, 0.15) is 46.5 Å². The summed E-state index contributed by atoms with van der Waals surface area (Å²) in [6.45, 7) is 6.27. The minimum absolute atomic E-state index is 0.140. The molecular formula is C10H23N3O. The molecule has 0 rings (SSSR count). The Kier molecular flexibility index (Phi) is 13.1. The van der Waals surface area contributed by atoms with Crippen LogP contribution in [0, 0.1) is 0 Å². The van der Waals surface area contributed by atoms with Gasteiger partial charge in [0.25, 0.3) is 0 Å². The molecule has 0 amide bonds. The molecule has 4 N–H and O–H groups in total. The van der Waals surface area contributed by atoms with Gasteiger partial charge in [-0.15, -0.1) is 0 Å². The minimum atomic E-state index is 0.140. The Morgan fingerprint density at radius 3 is 2.14 bits per heavy atom. The number of aliphatic imine (C=N–C) groups is 1. The smallest absolute Gasteiger partial charge is 0.185 e. The highest BCUT2D eigenvalue weighted by Gasteiger charge is 1.92. The van der Waals surface area contributed by atoms with E-state index in [0.29, 0.717) is 13.0 Å². The third kappa shape index (κ3) is 17.1. The van der Waals surface area contributed by atoms with Gasteiger partial charge in [-0.1, -0.05) is 20.3 Å². The largest absolute Gasteiger partial charge is 0.370 e. The standard InChI is InChI=1S/C8H17N3O.C2H6/c1-7(12)5-3-2-4-6-11-8(9)10;1-2/h2-6H2,1H3,(H4,9,10,11);1-2H3. The molecule has 0 aromatic rings. The number of carbonyl (C=O) groups excluding carboxylic acids is 1. The van der Waals surface area contributed by atoms with Crippen LogP contribution in [0.5, 0.6) is 0 Å². The van der Waals surface area contributed by atoms with Gasteiger partial charge in [0.1, 0.15) is 5.78 Å². The van der Waals surface area contributed by atoms with Gasteiger partial charge in [0.05, 0.1) is 0 Å². The molecule has 4 nitrogen and oxygen atoms in total. The fraction of sp³-hybridized carbons (Fsp3) is 0.800. The summed E-state index contributed by atoms with van der Waals surface area (Å²) in [6.07, 6.45) is 3.57. The lowest BCUT2D eigenvalue weighted by molar-refractivity contribution is -0.117. The second-order valence-corrected chi connectivity index (χ2v) is 2.82. The summed E-state index contributed by atoms with van der Waals surface area (Å²) < 4.78 is 0. The predicted molar refractivity (Wildman–Crippen MR) is 61.2 cm³/mol. The molecule has 0 aromatic heterocycles. The van der Waals surface area contributed by atoms with Gasteiger partial charge < -0.3 is 16.3 Å². The highest BCUT2D eigenvalue weighted by atomic mass is 16.1. The summed E-state index contributed by atoms with van der Waals surface area (Å²) in [4.78, 5) is 14.3. The van der Waals surface area contributed by atoms with Gasteiger partial charge in [-0.25, -0.2) is 0 Å². The van der Waals surface area contributed by atoms with Gasteiger partial charge in [-0.05, 0) is 19.8 Å². The Hall–Kier alpha value is -1.06. The molecule has 4 heteroatoms. The molecular weight excluding hydrogens is 178 g/mol. The third-order valence-corrected chi connectivity index (χ3v) is 1.48. The Morgan fingerprint density at radius 2 is 1.71 bits per heavy atom. The van der Waals surface area contributed by atoms with Crippen LogP contribution in [0.4, 0.5) is 0 Å². The summed E-state index contributed by atoms with van der Waals surface area (Å²) in [5, 5.41) is 0. The van der Waals surface area contributed by atoms with Crippen molar-refractivity contribution in [1.29, 1.82) is 0 Å². The van der Waals surface area contributed by atoms with Gasteiger partial charge in [0.15, 0.2) is 5.96 Å². The van der Waals surface area contributed by atoms with E-state index in [-0.39, 0.29) is 11.7 Å². The lowest BCUT2D eigenvalue weighted by Crippen LogP contribution is -2.22. The first kappa shape index (κ1) is 15.4. The first-order chi connectivity index (χ1) is 6.63. The molecule has 0 aliphatic carbocycles. The van der Waals surface area contributed by atoms with Crippen LogP contribution in [-0.4, -0.2) is 18.3 Å².